The Hall–Kier alpha value is -2.57. The summed E-state index contributed by atoms with van der Waals surface area (Å²) in [4.78, 5) is 11.9. The molecule has 0 radical (unpaired) electrons. The Balaban J connectivity index is 1.53. The van der Waals surface area contributed by atoms with Crippen LogP contribution in [0.3, 0.4) is 0 Å². The zero-order valence-electron chi connectivity index (χ0n) is 16.5. The van der Waals surface area contributed by atoms with Gasteiger partial charge in [0.2, 0.25) is 5.91 Å². The van der Waals surface area contributed by atoms with Crippen LogP contribution in [0.5, 0.6) is 11.5 Å². The number of amides is 1. The molecule has 0 bridgehead atoms. The quantitative estimate of drug-likeness (QED) is 0.548. The van der Waals surface area contributed by atoms with Crippen molar-refractivity contribution in [2.24, 2.45) is 0 Å². The van der Waals surface area contributed by atoms with Gasteiger partial charge in [0, 0.05) is 13.0 Å². The first-order valence-electron chi connectivity index (χ1n) is 9.42. The lowest BCUT2D eigenvalue weighted by molar-refractivity contribution is -0.122. The van der Waals surface area contributed by atoms with Gasteiger partial charge in [-0.25, -0.2) is 0 Å². The molecule has 0 aromatic heterocycles. The van der Waals surface area contributed by atoms with Gasteiger partial charge in [0.1, 0.15) is 11.5 Å². The Labute approximate surface area is 166 Å². The molecule has 0 spiro atoms. The highest BCUT2D eigenvalue weighted by Gasteiger charge is 2.08. The van der Waals surface area contributed by atoms with E-state index < -0.39 is 6.10 Å². The maximum atomic E-state index is 11.9. The zero-order valence-corrected chi connectivity index (χ0v) is 16.5. The van der Waals surface area contributed by atoms with Gasteiger partial charge in [-0.1, -0.05) is 30.3 Å². The van der Waals surface area contributed by atoms with Crippen LogP contribution in [0.2, 0.25) is 0 Å². The summed E-state index contributed by atoms with van der Waals surface area (Å²) >= 11 is 0. The standard InChI is InChI=1S/C22H29NO5/c1-17-6-3-4-7-21(17)28-13-5-8-22(25)23-14-19(24)16-27-15-18-9-11-20(26-2)12-10-18/h3-4,6-7,9-12,19,24H,5,8,13-16H2,1-2H3,(H,23,25). The number of methoxy groups -OCH3 is 1. The molecule has 0 saturated carbocycles. The van der Waals surface area contributed by atoms with E-state index in [2.05, 4.69) is 5.32 Å². The molecule has 0 aliphatic rings. The first-order chi connectivity index (χ1) is 13.6. The van der Waals surface area contributed by atoms with Crippen molar-refractivity contribution in [2.75, 3.05) is 26.9 Å². The predicted octanol–water partition coefficient (Wildman–Crippen LogP) is 2.86. The van der Waals surface area contributed by atoms with Crippen LogP contribution >= 0.6 is 0 Å². The number of benzene rings is 2. The summed E-state index contributed by atoms with van der Waals surface area (Å²) in [5.41, 5.74) is 2.07. The van der Waals surface area contributed by atoms with Crippen molar-refractivity contribution < 1.29 is 24.1 Å². The molecular weight excluding hydrogens is 358 g/mol. The summed E-state index contributed by atoms with van der Waals surface area (Å²) in [7, 11) is 1.62. The van der Waals surface area contributed by atoms with Gasteiger partial charge in [-0.15, -0.1) is 0 Å². The molecule has 2 aromatic carbocycles. The summed E-state index contributed by atoms with van der Waals surface area (Å²) in [6, 6.07) is 15.3. The average molecular weight is 387 g/mol. The van der Waals surface area contributed by atoms with E-state index in [1.54, 1.807) is 7.11 Å². The molecule has 1 amide bonds. The number of nitrogens with one attached hydrogen (secondary N) is 1. The summed E-state index contributed by atoms with van der Waals surface area (Å²) < 4.78 is 16.2. The Kier molecular flexibility index (Phi) is 9.31. The average Bonchev–Trinajstić information content (AvgIpc) is 2.71. The van der Waals surface area contributed by atoms with Crippen molar-refractivity contribution in [2.45, 2.75) is 32.5 Å². The van der Waals surface area contributed by atoms with Crippen molar-refractivity contribution in [1.82, 2.24) is 5.32 Å². The van der Waals surface area contributed by atoms with E-state index in [1.807, 2.05) is 55.5 Å². The molecule has 6 heteroatoms. The summed E-state index contributed by atoms with van der Waals surface area (Å²) in [6.45, 7) is 3.18. The Morgan fingerprint density at radius 2 is 1.89 bits per heavy atom. The fraction of sp³-hybridized carbons (Fsp3) is 0.409. The van der Waals surface area contributed by atoms with Crippen LogP contribution in [0.25, 0.3) is 0 Å². The van der Waals surface area contributed by atoms with Crippen molar-refractivity contribution in [3.05, 3.63) is 59.7 Å². The fourth-order valence-corrected chi connectivity index (χ4v) is 2.55. The number of carbonyl (C=O) groups is 1. The lowest BCUT2D eigenvalue weighted by Gasteiger charge is -2.13. The molecule has 0 saturated heterocycles. The maximum absolute atomic E-state index is 11.9. The highest BCUT2D eigenvalue weighted by molar-refractivity contribution is 5.75. The van der Waals surface area contributed by atoms with Crippen LogP contribution in [0, 0.1) is 6.92 Å². The number of hydrogen-bond acceptors (Lipinski definition) is 5. The minimum Gasteiger partial charge on any atom is -0.497 e. The number of carbonyl (C=O) groups excluding carboxylic acids is 1. The number of aliphatic hydroxyl groups is 1. The van der Waals surface area contributed by atoms with E-state index >= 15 is 0 Å². The third-order valence-corrected chi connectivity index (χ3v) is 4.17. The minimum absolute atomic E-state index is 0.109. The van der Waals surface area contributed by atoms with E-state index in [-0.39, 0.29) is 19.1 Å². The molecule has 6 nitrogen and oxygen atoms in total. The molecule has 2 aromatic rings. The van der Waals surface area contributed by atoms with Crippen molar-refractivity contribution in [3.8, 4) is 11.5 Å². The van der Waals surface area contributed by atoms with Gasteiger partial charge in [-0.2, -0.15) is 0 Å². The first-order valence-corrected chi connectivity index (χ1v) is 9.42. The number of rotatable bonds is 12. The van der Waals surface area contributed by atoms with Crippen molar-refractivity contribution in [1.29, 1.82) is 0 Å². The molecule has 0 heterocycles. The molecule has 0 aliphatic carbocycles. The van der Waals surface area contributed by atoms with E-state index in [9.17, 15) is 9.90 Å². The topological polar surface area (TPSA) is 77.0 Å². The second kappa shape index (κ2) is 12.0. The van der Waals surface area contributed by atoms with Gasteiger partial charge < -0.3 is 24.6 Å². The van der Waals surface area contributed by atoms with Gasteiger partial charge in [-0.3, -0.25) is 4.79 Å². The minimum atomic E-state index is -0.745. The molecule has 1 unspecified atom stereocenters. The van der Waals surface area contributed by atoms with E-state index in [1.165, 1.54) is 0 Å². The monoisotopic (exact) mass is 387 g/mol. The van der Waals surface area contributed by atoms with Crippen LogP contribution in [0.1, 0.15) is 24.0 Å². The molecule has 0 aliphatic heterocycles. The van der Waals surface area contributed by atoms with Crippen LogP contribution < -0.4 is 14.8 Å². The van der Waals surface area contributed by atoms with Gasteiger partial charge in [0.05, 0.1) is 33.0 Å². The number of para-hydroxylation sites is 1. The molecule has 152 valence electrons. The predicted molar refractivity (Wildman–Crippen MR) is 108 cm³/mol. The summed E-state index contributed by atoms with van der Waals surface area (Å²) in [6.07, 6.45) is 0.223. The van der Waals surface area contributed by atoms with Crippen LogP contribution in [0.4, 0.5) is 0 Å². The Bertz CT molecular complexity index is 717. The number of hydrogen-bond donors (Lipinski definition) is 2. The molecular formula is C22H29NO5. The Morgan fingerprint density at radius 3 is 2.61 bits per heavy atom. The van der Waals surface area contributed by atoms with Gasteiger partial charge in [-0.05, 0) is 42.7 Å². The highest BCUT2D eigenvalue weighted by Crippen LogP contribution is 2.16. The smallest absolute Gasteiger partial charge is 0.220 e. The van der Waals surface area contributed by atoms with E-state index in [0.29, 0.717) is 26.1 Å². The van der Waals surface area contributed by atoms with Crippen LogP contribution in [0.15, 0.2) is 48.5 Å². The third-order valence-electron chi connectivity index (χ3n) is 4.17. The molecule has 28 heavy (non-hydrogen) atoms. The van der Waals surface area contributed by atoms with Crippen LogP contribution in [-0.4, -0.2) is 44.0 Å². The molecule has 0 fully saturated rings. The fourth-order valence-electron chi connectivity index (χ4n) is 2.55. The number of aliphatic hydroxyl groups excluding tert-OH is 1. The lowest BCUT2D eigenvalue weighted by Crippen LogP contribution is -2.34. The zero-order chi connectivity index (χ0) is 20.2. The molecule has 2 rings (SSSR count). The summed E-state index contributed by atoms with van der Waals surface area (Å²) in [5, 5.41) is 12.6. The number of aryl methyl sites for hydroxylation is 1. The second-order valence-corrected chi connectivity index (χ2v) is 6.54. The highest BCUT2D eigenvalue weighted by atomic mass is 16.5. The largest absolute Gasteiger partial charge is 0.497 e. The normalized spacial score (nSPS) is 11.7. The third kappa shape index (κ3) is 7.98. The SMILES string of the molecule is COc1ccc(COCC(O)CNC(=O)CCCOc2ccccc2C)cc1. The molecule has 1 atom stereocenters. The van der Waals surface area contributed by atoms with Gasteiger partial charge >= 0.3 is 0 Å². The molecule has 2 N–H and O–H groups in total. The first kappa shape index (κ1) is 21.7. The van der Waals surface area contributed by atoms with Gasteiger partial charge in [0.15, 0.2) is 0 Å². The second-order valence-electron chi connectivity index (χ2n) is 6.54. The van der Waals surface area contributed by atoms with E-state index in [0.717, 1.165) is 22.6 Å². The van der Waals surface area contributed by atoms with E-state index in [4.69, 9.17) is 14.2 Å². The van der Waals surface area contributed by atoms with Gasteiger partial charge in [0.25, 0.3) is 0 Å². The Morgan fingerprint density at radius 1 is 1.14 bits per heavy atom. The summed E-state index contributed by atoms with van der Waals surface area (Å²) in [5.74, 6) is 1.52. The number of ether oxygens (including phenoxy) is 3. The van der Waals surface area contributed by atoms with Crippen LogP contribution in [-0.2, 0) is 16.1 Å². The maximum Gasteiger partial charge on any atom is 0.220 e. The van der Waals surface area contributed by atoms with Crippen molar-refractivity contribution in [3.63, 3.8) is 0 Å². The van der Waals surface area contributed by atoms with Crippen molar-refractivity contribution >= 4 is 5.91 Å². The lowest BCUT2D eigenvalue weighted by atomic mass is 10.2.